The number of hydrogen-bond donors (Lipinski definition) is 1. The van der Waals surface area contributed by atoms with E-state index in [4.69, 9.17) is 21.4 Å². The van der Waals surface area contributed by atoms with Crippen LogP contribution in [0.25, 0.3) is 0 Å². The summed E-state index contributed by atoms with van der Waals surface area (Å²) in [5, 5.41) is 9.36. The van der Waals surface area contributed by atoms with Crippen molar-refractivity contribution in [3.05, 3.63) is 82.7 Å². The van der Waals surface area contributed by atoms with Crippen LogP contribution < -0.4 is 9.04 Å². The Balaban J connectivity index is 2.00. The molecule has 0 aliphatic heterocycles. The van der Waals surface area contributed by atoms with Gasteiger partial charge in [-0.25, -0.2) is 13.2 Å². The number of benzene rings is 1. The number of aliphatic carboxylic acids is 1. The van der Waals surface area contributed by atoms with Crippen molar-refractivity contribution in [3.8, 4) is 5.75 Å². The summed E-state index contributed by atoms with van der Waals surface area (Å²) in [7, 11) is -3.94. The van der Waals surface area contributed by atoms with Gasteiger partial charge in [-0.05, 0) is 65.7 Å². The lowest BCUT2D eigenvalue weighted by Gasteiger charge is -2.32. The van der Waals surface area contributed by atoms with Gasteiger partial charge < -0.3 is 9.84 Å². The SMILES string of the molecule is Cc1cc(OCC2=CC=C(/C=C/C(=O)O)CC2(C)C)c(N(CC(C)C)S(=O)(=O)c2cccnc2)cc1Cl. The molecule has 37 heavy (non-hydrogen) atoms. The highest BCUT2D eigenvalue weighted by atomic mass is 35.5. The van der Waals surface area contributed by atoms with Crippen LogP contribution in [0.1, 0.15) is 39.7 Å². The van der Waals surface area contributed by atoms with Crippen LogP contribution in [0.3, 0.4) is 0 Å². The first-order chi connectivity index (χ1) is 17.3. The number of aryl methyl sites for hydroxylation is 1. The molecule has 7 nitrogen and oxygen atoms in total. The van der Waals surface area contributed by atoms with Gasteiger partial charge in [0.15, 0.2) is 0 Å². The van der Waals surface area contributed by atoms with Gasteiger partial charge in [0.2, 0.25) is 0 Å². The van der Waals surface area contributed by atoms with Gasteiger partial charge >= 0.3 is 5.97 Å². The quantitative estimate of drug-likeness (QED) is 0.358. The monoisotopic (exact) mass is 544 g/mol. The first-order valence-electron chi connectivity index (χ1n) is 12.0. The molecule has 0 bridgehead atoms. The smallest absolute Gasteiger partial charge is 0.328 e. The summed E-state index contributed by atoms with van der Waals surface area (Å²) in [6.07, 6.45) is 10.1. The van der Waals surface area contributed by atoms with Gasteiger partial charge in [-0.2, -0.15) is 0 Å². The fraction of sp³-hybridized carbons (Fsp3) is 0.357. The van der Waals surface area contributed by atoms with Gasteiger partial charge in [-0.15, -0.1) is 0 Å². The van der Waals surface area contributed by atoms with Crippen molar-refractivity contribution >= 4 is 33.3 Å². The lowest BCUT2D eigenvalue weighted by atomic mass is 9.75. The highest BCUT2D eigenvalue weighted by Gasteiger charge is 2.31. The number of pyridine rings is 1. The van der Waals surface area contributed by atoms with E-state index >= 15 is 0 Å². The Labute approximate surface area is 224 Å². The molecule has 1 N–H and O–H groups in total. The zero-order chi connectivity index (χ0) is 27.4. The summed E-state index contributed by atoms with van der Waals surface area (Å²) in [5.41, 5.74) is 2.76. The molecule has 198 valence electrons. The minimum atomic E-state index is -3.94. The minimum absolute atomic E-state index is 0.0294. The number of anilines is 1. The predicted molar refractivity (Wildman–Crippen MR) is 147 cm³/mol. The van der Waals surface area contributed by atoms with Gasteiger partial charge in [0.1, 0.15) is 17.3 Å². The zero-order valence-corrected chi connectivity index (χ0v) is 23.3. The molecule has 1 heterocycles. The van der Waals surface area contributed by atoms with Crippen LogP contribution in [-0.2, 0) is 14.8 Å². The highest BCUT2D eigenvalue weighted by molar-refractivity contribution is 7.92. The third-order valence-electron chi connectivity index (χ3n) is 6.10. The molecular weight excluding hydrogens is 512 g/mol. The summed E-state index contributed by atoms with van der Waals surface area (Å²) in [6, 6.07) is 6.50. The van der Waals surface area contributed by atoms with E-state index in [9.17, 15) is 13.2 Å². The zero-order valence-electron chi connectivity index (χ0n) is 21.7. The lowest BCUT2D eigenvalue weighted by molar-refractivity contribution is -0.131. The summed E-state index contributed by atoms with van der Waals surface area (Å²) in [6.45, 7) is 10.3. The second-order valence-corrected chi connectivity index (χ2v) is 12.4. The Morgan fingerprint density at radius 1 is 1.30 bits per heavy atom. The minimum Gasteiger partial charge on any atom is -0.487 e. The summed E-state index contributed by atoms with van der Waals surface area (Å²) >= 11 is 6.47. The molecule has 2 aromatic rings. The van der Waals surface area contributed by atoms with Gasteiger partial charge in [0.25, 0.3) is 10.0 Å². The van der Waals surface area contributed by atoms with Crippen molar-refractivity contribution in [1.82, 2.24) is 4.98 Å². The van der Waals surface area contributed by atoms with Crippen molar-refractivity contribution in [3.63, 3.8) is 0 Å². The average molecular weight is 545 g/mol. The molecule has 3 rings (SSSR count). The molecule has 1 aliphatic carbocycles. The number of carboxylic acids is 1. The van der Waals surface area contributed by atoms with Crippen LogP contribution in [0.5, 0.6) is 5.75 Å². The first-order valence-corrected chi connectivity index (χ1v) is 13.8. The van der Waals surface area contributed by atoms with E-state index < -0.39 is 16.0 Å². The van der Waals surface area contributed by atoms with Crippen LogP contribution in [-0.4, -0.2) is 37.6 Å². The van der Waals surface area contributed by atoms with E-state index in [0.717, 1.165) is 22.8 Å². The number of carboxylic acid groups (broad SMARTS) is 1. The number of hydrogen-bond acceptors (Lipinski definition) is 5. The highest BCUT2D eigenvalue weighted by Crippen LogP contribution is 2.41. The van der Waals surface area contributed by atoms with Crippen molar-refractivity contribution in [1.29, 1.82) is 0 Å². The maximum absolute atomic E-state index is 13.7. The van der Waals surface area contributed by atoms with Crippen molar-refractivity contribution in [2.24, 2.45) is 11.3 Å². The lowest BCUT2D eigenvalue weighted by Crippen LogP contribution is -2.35. The molecule has 1 aromatic heterocycles. The number of allylic oxidation sites excluding steroid dienone is 4. The van der Waals surface area contributed by atoms with E-state index in [0.29, 0.717) is 22.9 Å². The van der Waals surface area contributed by atoms with E-state index in [1.807, 2.05) is 32.9 Å². The van der Waals surface area contributed by atoms with E-state index in [1.165, 1.54) is 22.8 Å². The molecule has 0 amide bonds. The second-order valence-electron chi connectivity index (χ2n) is 10.1. The van der Waals surface area contributed by atoms with Crippen LogP contribution in [0.4, 0.5) is 5.69 Å². The maximum atomic E-state index is 13.7. The van der Waals surface area contributed by atoms with Crippen LogP contribution in [0.15, 0.2) is 77.0 Å². The van der Waals surface area contributed by atoms with E-state index in [-0.39, 0.29) is 29.4 Å². The predicted octanol–water partition coefficient (Wildman–Crippen LogP) is 6.20. The molecule has 9 heteroatoms. The number of aromatic nitrogens is 1. The first kappa shape index (κ1) is 28.5. The van der Waals surface area contributed by atoms with Crippen molar-refractivity contribution in [2.75, 3.05) is 17.5 Å². The molecule has 0 spiro atoms. The number of nitrogens with zero attached hydrogens (tertiary/aromatic N) is 2. The molecule has 0 unspecified atom stereocenters. The van der Waals surface area contributed by atoms with E-state index in [2.05, 4.69) is 18.8 Å². The van der Waals surface area contributed by atoms with Gasteiger partial charge in [0.05, 0.1) is 5.69 Å². The molecule has 1 aliphatic rings. The second kappa shape index (κ2) is 11.5. The standard InChI is InChI=1S/C28H33ClN2O5S/c1-19(2)17-31(37(34,35)23-7-6-12-30-16-23)25-14-24(29)20(3)13-26(25)36-18-22-10-8-21(9-11-27(32)33)15-28(22,4)5/h6-14,16,19H,15,17-18H2,1-5H3,(H,32,33)/b11-9+. The van der Waals surface area contributed by atoms with Crippen molar-refractivity contribution in [2.45, 2.75) is 45.9 Å². The Bertz CT molecular complexity index is 1350. The normalized spacial score (nSPS) is 15.4. The Kier molecular flexibility index (Phi) is 8.87. The molecule has 0 radical (unpaired) electrons. The molecule has 0 saturated carbocycles. The summed E-state index contributed by atoms with van der Waals surface area (Å²) < 4.78 is 35.0. The number of rotatable bonds is 10. The maximum Gasteiger partial charge on any atom is 0.328 e. The summed E-state index contributed by atoms with van der Waals surface area (Å²) in [5.74, 6) is -0.552. The fourth-order valence-electron chi connectivity index (χ4n) is 4.05. The van der Waals surface area contributed by atoms with Gasteiger partial charge in [0, 0.05) is 30.0 Å². The fourth-order valence-corrected chi connectivity index (χ4v) is 5.80. The molecule has 1 aromatic carbocycles. The molecule has 0 atom stereocenters. The Morgan fingerprint density at radius 3 is 2.62 bits per heavy atom. The average Bonchev–Trinajstić information content (AvgIpc) is 2.82. The Hall–Kier alpha value is -3.10. The molecular formula is C28H33ClN2O5S. The van der Waals surface area contributed by atoms with Crippen LogP contribution in [0, 0.1) is 18.3 Å². The van der Waals surface area contributed by atoms with Gasteiger partial charge in [-0.3, -0.25) is 9.29 Å². The van der Waals surface area contributed by atoms with Crippen LogP contribution >= 0.6 is 11.6 Å². The van der Waals surface area contributed by atoms with Gasteiger partial charge in [-0.1, -0.05) is 57.5 Å². The number of ether oxygens (including phenoxy) is 1. The third-order valence-corrected chi connectivity index (χ3v) is 8.27. The topological polar surface area (TPSA) is 96.8 Å². The summed E-state index contributed by atoms with van der Waals surface area (Å²) in [4.78, 5) is 15.0. The largest absolute Gasteiger partial charge is 0.487 e. The van der Waals surface area contributed by atoms with Crippen LogP contribution in [0.2, 0.25) is 5.02 Å². The molecule has 0 saturated heterocycles. The number of sulfonamides is 1. The van der Waals surface area contributed by atoms with E-state index in [1.54, 1.807) is 24.3 Å². The van der Waals surface area contributed by atoms with Crippen molar-refractivity contribution < 1.29 is 23.1 Å². The number of carbonyl (C=O) groups is 1. The number of halogens is 1. The molecule has 0 fully saturated rings. The third kappa shape index (κ3) is 7.02. The Morgan fingerprint density at radius 2 is 2.03 bits per heavy atom.